The average molecular weight is 229 g/mol. The molecule has 1 aromatic rings. The molecule has 0 spiro atoms. The molecule has 0 unspecified atom stereocenters. The number of alkyl halides is 1. The third kappa shape index (κ3) is 3.10. The highest BCUT2D eigenvalue weighted by molar-refractivity contribution is 6.17. The average Bonchev–Trinajstić information content (AvgIpc) is 3.04. The Kier molecular flexibility index (Phi) is 3.47. The molecule has 0 heterocycles. The van der Waals surface area contributed by atoms with Gasteiger partial charge in [0, 0.05) is 5.56 Å². The van der Waals surface area contributed by atoms with Gasteiger partial charge in [0.15, 0.2) is 0 Å². The van der Waals surface area contributed by atoms with Crippen molar-refractivity contribution in [1.29, 1.82) is 0 Å². The maximum atomic E-state index is 12.9. The van der Waals surface area contributed by atoms with Crippen LogP contribution < -0.4 is 4.74 Å². The van der Waals surface area contributed by atoms with Crippen LogP contribution in [0.1, 0.15) is 24.8 Å². The SMILES string of the molecule is Fc1ccc(OCCC2CC2)c(CCl)c1. The molecule has 1 fully saturated rings. The predicted octanol–water partition coefficient (Wildman–Crippen LogP) is 3.74. The van der Waals surface area contributed by atoms with Crippen molar-refractivity contribution in [3.8, 4) is 5.75 Å². The summed E-state index contributed by atoms with van der Waals surface area (Å²) in [7, 11) is 0. The molecule has 1 aliphatic carbocycles. The summed E-state index contributed by atoms with van der Waals surface area (Å²) in [6.07, 6.45) is 3.75. The van der Waals surface area contributed by atoms with Gasteiger partial charge in [-0.25, -0.2) is 4.39 Å². The van der Waals surface area contributed by atoms with Crippen LogP contribution in [0.25, 0.3) is 0 Å². The largest absolute Gasteiger partial charge is 0.493 e. The van der Waals surface area contributed by atoms with E-state index in [2.05, 4.69) is 0 Å². The molecule has 0 atom stereocenters. The smallest absolute Gasteiger partial charge is 0.123 e. The van der Waals surface area contributed by atoms with Gasteiger partial charge in [0.25, 0.3) is 0 Å². The minimum absolute atomic E-state index is 0.264. The Morgan fingerprint density at radius 3 is 2.87 bits per heavy atom. The van der Waals surface area contributed by atoms with Crippen LogP contribution in [0.5, 0.6) is 5.75 Å². The lowest BCUT2D eigenvalue weighted by molar-refractivity contribution is 0.300. The van der Waals surface area contributed by atoms with Crippen molar-refractivity contribution in [2.24, 2.45) is 5.92 Å². The number of hydrogen-bond acceptors (Lipinski definition) is 1. The fraction of sp³-hybridized carbons (Fsp3) is 0.500. The molecule has 1 saturated carbocycles. The van der Waals surface area contributed by atoms with Crippen molar-refractivity contribution in [2.75, 3.05) is 6.61 Å². The summed E-state index contributed by atoms with van der Waals surface area (Å²) in [5, 5.41) is 0. The van der Waals surface area contributed by atoms with Gasteiger partial charge < -0.3 is 4.74 Å². The first-order valence-electron chi connectivity index (χ1n) is 5.27. The molecule has 0 N–H and O–H groups in total. The van der Waals surface area contributed by atoms with Crippen molar-refractivity contribution in [1.82, 2.24) is 0 Å². The first kappa shape index (κ1) is 10.7. The zero-order valence-corrected chi connectivity index (χ0v) is 9.27. The first-order valence-corrected chi connectivity index (χ1v) is 5.80. The number of rotatable bonds is 5. The van der Waals surface area contributed by atoms with E-state index in [-0.39, 0.29) is 11.7 Å². The molecule has 0 aliphatic heterocycles. The molecule has 1 nitrogen and oxygen atoms in total. The fourth-order valence-corrected chi connectivity index (χ4v) is 1.74. The van der Waals surface area contributed by atoms with Gasteiger partial charge in [-0.15, -0.1) is 11.6 Å². The summed E-state index contributed by atoms with van der Waals surface area (Å²) < 4.78 is 18.5. The van der Waals surface area contributed by atoms with Gasteiger partial charge in [0.05, 0.1) is 12.5 Å². The van der Waals surface area contributed by atoms with E-state index in [0.29, 0.717) is 12.4 Å². The van der Waals surface area contributed by atoms with Gasteiger partial charge in [-0.3, -0.25) is 0 Å². The second kappa shape index (κ2) is 4.84. The van der Waals surface area contributed by atoms with Gasteiger partial charge in [0.1, 0.15) is 11.6 Å². The number of ether oxygens (including phenoxy) is 1. The van der Waals surface area contributed by atoms with E-state index in [9.17, 15) is 4.39 Å². The van der Waals surface area contributed by atoms with E-state index < -0.39 is 0 Å². The lowest BCUT2D eigenvalue weighted by atomic mass is 10.2. The van der Waals surface area contributed by atoms with Gasteiger partial charge in [-0.05, 0) is 30.5 Å². The summed E-state index contributed by atoms with van der Waals surface area (Å²) in [5.41, 5.74) is 0.729. The highest BCUT2D eigenvalue weighted by atomic mass is 35.5. The van der Waals surface area contributed by atoms with Crippen LogP contribution in [0.2, 0.25) is 0 Å². The summed E-state index contributed by atoms with van der Waals surface area (Å²) in [4.78, 5) is 0. The second-order valence-electron chi connectivity index (χ2n) is 3.97. The van der Waals surface area contributed by atoms with Crippen molar-refractivity contribution in [3.63, 3.8) is 0 Å². The summed E-state index contributed by atoms with van der Waals surface area (Å²) in [6.45, 7) is 0.709. The second-order valence-corrected chi connectivity index (χ2v) is 4.23. The standard InChI is InChI=1S/C12H14ClFO/c13-8-10-7-11(14)3-4-12(10)15-6-5-9-1-2-9/h3-4,7,9H,1-2,5-6,8H2. The van der Waals surface area contributed by atoms with E-state index in [4.69, 9.17) is 16.3 Å². The third-order valence-electron chi connectivity index (χ3n) is 2.65. The molecular formula is C12H14ClFO. The summed E-state index contributed by atoms with van der Waals surface area (Å²) in [6, 6.07) is 4.49. The summed E-state index contributed by atoms with van der Waals surface area (Å²) >= 11 is 5.71. The van der Waals surface area contributed by atoms with Crippen LogP contribution in [-0.2, 0) is 5.88 Å². The van der Waals surface area contributed by atoms with E-state index in [1.807, 2.05) is 0 Å². The summed E-state index contributed by atoms with van der Waals surface area (Å²) in [5.74, 6) is 1.59. The number of hydrogen-bond donors (Lipinski definition) is 0. The molecule has 0 saturated heterocycles. The normalized spacial score (nSPS) is 15.3. The fourth-order valence-electron chi connectivity index (χ4n) is 1.54. The Labute approximate surface area is 94.2 Å². The van der Waals surface area contributed by atoms with Crippen molar-refractivity contribution >= 4 is 11.6 Å². The molecule has 0 amide bonds. The minimum Gasteiger partial charge on any atom is -0.493 e. The topological polar surface area (TPSA) is 9.23 Å². The van der Waals surface area contributed by atoms with Crippen LogP contribution in [-0.4, -0.2) is 6.61 Å². The molecular weight excluding hydrogens is 215 g/mol. The molecule has 3 heteroatoms. The predicted molar refractivity (Wildman–Crippen MR) is 58.8 cm³/mol. The van der Waals surface area contributed by atoms with Crippen molar-refractivity contribution in [3.05, 3.63) is 29.6 Å². The number of benzene rings is 1. The van der Waals surface area contributed by atoms with Crippen LogP contribution in [0, 0.1) is 11.7 Å². The highest BCUT2D eigenvalue weighted by Crippen LogP contribution is 2.32. The molecule has 0 radical (unpaired) electrons. The molecule has 1 aromatic carbocycles. The lowest BCUT2D eigenvalue weighted by Crippen LogP contribution is -2.00. The molecule has 1 aliphatic rings. The molecule has 82 valence electrons. The molecule has 2 rings (SSSR count). The van der Waals surface area contributed by atoms with E-state index in [1.54, 1.807) is 6.07 Å². The van der Waals surface area contributed by atoms with E-state index in [1.165, 1.54) is 25.0 Å². The van der Waals surface area contributed by atoms with Crippen molar-refractivity contribution < 1.29 is 9.13 Å². The maximum Gasteiger partial charge on any atom is 0.123 e. The zero-order valence-electron chi connectivity index (χ0n) is 8.51. The maximum absolute atomic E-state index is 12.9. The monoisotopic (exact) mass is 228 g/mol. The van der Waals surface area contributed by atoms with Gasteiger partial charge in [-0.2, -0.15) is 0 Å². The van der Waals surface area contributed by atoms with Gasteiger partial charge in [0.2, 0.25) is 0 Å². The van der Waals surface area contributed by atoms with Gasteiger partial charge in [-0.1, -0.05) is 12.8 Å². The first-order chi connectivity index (χ1) is 7.29. The molecule has 0 aromatic heterocycles. The minimum atomic E-state index is -0.264. The van der Waals surface area contributed by atoms with E-state index >= 15 is 0 Å². The third-order valence-corrected chi connectivity index (χ3v) is 2.94. The Hall–Kier alpha value is -0.760. The van der Waals surface area contributed by atoms with Crippen molar-refractivity contribution in [2.45, 2.75) is 25.1 Å². The number of halogens is 2. The Balaban J connectivity index is 1.92. The zero-order chi connectivity index (χ0) is 10.7. The molecule has 0 bridgehead atoms. The van der Waals surface area contributed by atoms with Crippen LogP contribution >= 0.6 is 11.6 Å². The van der Waals surface area contributed by atoms with Crippen LogP contribution in [0.15, 0.2) is 18.2 Å². The Bertz CT molecular complexity index is 336. The lowest BCUT2D eigenvalue weighted by Gasteiger charge is -2.09. The van der Waals surface area contributed by atoms with Crippen LogP contribution in [0.4, 0.5) is 4.39 Å². The van der Waals surface area contributed by atoms with Crippen LogP contribution in [0.3, 0.4) is 0 Å². The molecule has 15 heavy (non-hydrogen) atoms. The Morgan fingerprint density at radius 1 is 1.40 bits per heavy atom. The highest BCUT2D eigenvalue weighted by Gasteiger charge is 2.20. The van der Waals surface area contributed by atoms with Gasteiger partial charge >= 0.3 is 0 Å². The Morgan fingerprint density at radius 2 is 2.20 bits per heavy atom. The van der Waals surface area contributed by atoms with E-state index in [0.717, 1.165) is 17.9 Å². The quantitative estimate of drug-likeness (QED) is 0.698.